The van der Waals surface area contributed by atoms with E-state index in [0.29, 0.717) is 0 Å². The van der Waals surface area contributed by atoms with Crippen molar-refractivity contribution in [3.05, 3.63) is 25.3 Å². The van der Waals surface area contributed by atoms with Crippen LogP contribution in [0, 0.1) is 20.0 Å². The molecule has 1 aliphatic rings. The van der Waals surface area contributed by atoms with Crippen molar-refractivity contribution >= 4 is 0 Å². The molecule has 0 spiro atoms. The van der Waals surface area contributed by atoms with Crippen LogP contribution in [0.5, 0.6) is 0 Å². The SMILES string of the molecule is C1CNC[N-]1.O.[C-]#[O+].[C-]#[O+].[C-]#[O+].[Re]. The number of rotatable bonds is 0. The first kappa shape index (κ1) is 29.3. The largest absolute Gasteiger partial charge is 0 e. The molecule has 0 aromatic carbocycles. The maximum absolute atomic E-state index is 7.50. The van der Waals surface area contributed by atoms with E-state index >= 15 is 0 Å². The van der Waals surface area contributed by atoms with Gasteiger partial charge in [-0.05, 0) is 6.54 Å². The zero-order valence-corrected chi connectivity index (χ0v) is 9.39. The second-order valence-electron chi connectivity index (χ2n) is 1.11. The number of hydrogen-bond donors (Lipinski definition) is 1. The molecule has 3 N–H and O–H groups in total. The molecule has 0 amide bonds. The average Bonchev–Trinajstić information content (AvgIpc) is 2.71. The molecule has 0 saturated carbocycles. The molecule has 1 rings (SSSR count). The Bertz CT molecular complexity index is 89.1. The van der Waals surface area contributed by atoms with Gasteiger partial charge in [0.25, 0.3) is 0 Å². The van der Waals surface area contributed by atoms with E-state index in [2.05, 4.69) is 30.6 Å². The Kier molecular flexibility index (Phi) is 135. The molecule has 0 atom stereocenters. The molecule has 0 aromatic heterocycles. The van der Waals surface area contributed by atoms with Crippen LogP contribution in [-0.2, 0) is 34.4 Å². The molecule has 0 aromatic rings. The van der Waals surface area contributed by atoms with Crippen LogP contribution in [0.1, 0.15) is 0 Å². The molecule has 6 nitrogen and oxygen atoms in total. The van der Waals surface area contributed by atoms with E-state index in [4.69, 9.17) is 14.0 Å². The van der Waals surface area contributed by atoms with Crippen molar-refractivity contribution in [1.82, 2.24) is 5.32 Å². The molecule has 0 aliphatic carbocycles. The molecule has 7 heteroatoms. The summed E-state index contributed by atoms with van der Waals surface area (Å²) in [6.07, 6.45) is 0. The van der Waals surface area contributed by atoms with Crippen LogP contribution >= 0.6 is 0 Å². The van der Waals surface area contributed by atoms with Crippen molar-refractivity contribution in [3.63, 3.8) is 0 Å². The minimum atomic E-state index is 0. The minimum Gasteiger partial charge on any atom is 0 e. The molecule has 0 bridgehead atoms. The molecule has 1 saturated heterocycles. The zero-order chi connectivity index (χ0) is 9.54. The van der Waals surface area contributed by atoms with E-state index in [1.54, 1.807) is 0 Å². The summed E-state index contributed by atoms with van der Waals surface area (Å²) in [6, 6.07) is 0. The Hall–Kier alpha value is -0.238. The van der Waals surface area contributed by atoms with Crippen LogP contribution in [0.2, 0.25) is 0 Å². The summed E-state index contributed by atoms with van der Waals surface area (Å²) in [5.74, 6) is 0. The number of hydrogen-bond acceptors (Lipinski definition) is 1. The van der Waals surface area contributed by atoms with Crippen LogP contribution in [0.4, 0.5) is 0 Å². The molecule has 1 aliphatic heterocycles. The van der Waals surface area contributed by atoms with Crippen molar-refractivity contribution in [2.24, 2.45) is 0 Å². The summed E-state index contributed by atoms with van der Waals surface area (Å²) >= 11 is 0. The summed E-state index contributed by atoms with van der Waals surface area (Å²) in [4.78, 5) is 0. The Morgan fingerprint density at radius 3 is 1.46 bits per heavy atom. The topological polar surface area (TPSA) is 117 Å². The molecule has 75 valence electrons. The van der Waals surface area contributed by atoms with Gasteiger partial charge in [0, 0.05) is 20.4 Å². The van der Waals surface area contributed by atoms with Crippen molar-refractivity contribution in [1.29, 1.82) is 0 Å². The van der Waals surface area contributed by atoms with Crippen LogP contribution < -0.4 is 5.32 Å². The first-order valence-electron chi connectivity index (χ1n) is 2.45. The fourth-order valence-corrected chi connectivity index (χ4v) is 0.395. The Labute approximate surface area is 90.6 Å². The van der Waals surface area contributed by atoms with E-state index in [1.165, 1.54) is 0 Å². The van der Waals surface area contributed by atoms with Crippen molar-refractivity contribution in [3.8, 4) is 0 Å². The van der Waals surface area contributed by atoms with Gasteiger partial charge in [0.15, 0.2) is 0 Å². The van der Waals surface area contributed by atoms with Crippen LogP contribution in [-0.4, -0.2) is 25.2 Å². The molecule has 1 heterocycles. The van der Waals surface area contributed by atoms with Gasteiger partial charge in [-0.2, -0.15) is 0 Å². The van der Waals surface area contributed by atoms with Crippen molar-refractivity contribution in [2.75, 3.05) is 19.8 Å². The third-order valence-electron chi connectivity index (χ3n) is 0.670. The van der Waals surface area contributed by atoms with Gasteiger partial charge in [-0.25, -0.2) is 0 Å². The normalized spacial score (nSPS) is 9.69. The minimum absolute atomic E-state index is 0. The molecule has 13 heavy (non-hydrogen) atoms. The Morgan fingerprint density at radius 1 is 1.00 bits per heavy atom. The molecule has 0 unspecified atom stereocenters. The predicted octanol–water partition coefficient (Wildman–Crippen LogP) is -1.02. The second kappa shape index (κ2) is 60.1. The third kappa shape index (κ3) is 49.4. The van der Waals surface area contributed by atoms with Crippen LogP contribution in [0.3, 0.4) is 0 Å². The van der Waals surface area contributed by atoms with E-state index in [0.717, 1.165) is 19.8 Å². The summed E-state index contributed by atoms with van der Waals surface area (Å²) < 4.78 is 22.5. The summed E-state index contributed by atoms with van der Waals surface area (Å²) in [5.41, 5.74) is 0. The maximum atomic E-state index is 7.50. The van der Waals surface area contributed by atoms with Crippen molar-refractivity contribution in [2.45, 2.75) is 0 Å². The third-order valence-corrected chi connectivity index (χ3v) is 0.670. The fourth-order valence-electron chi connectivity index (χ4n) is 0.395. The summed E-state index contributed by atoms with van der Waals surface area (Å²) in [5, 5.41) is 7.03. The Balaban J connectivity index is -0.0000000239. The molecular formula is C6H9N2O4Re-. The van der Waals surface area contributed by atoms with Gasteiger partial charge in [0.05, 0.1) is 0 Å². The fraction of sp³-hybridized carbons (Fsp3) is 0.500. The van der Waals surface area contributed by atoms with E-state index in [9.17, 15) is 0 Å². The van der Waals surface area contributed by atoms with E-state index in [1.807, 2.05) is 0 Å². The Morgan fingerprint density at radius 2 is 1.38 bits per heavy atom. The first-order valence-corrected chi connectivity index (χ1v) is 2.45. The van der Waals surface area contributed by atoms with Gasteiger partial charge in [-0.1, -0.05) is 6.67 Å². The monoisotopic (exact) mass is 360 g/mol. The molecule has 1 fully saturated rings. The van der Waals surface area contributed by atoms with Gasteiger partial charge in [0.2, 0.25) is 0 Å². The van der Waals surface area contributed by atoms with Gasteiger partial charge in [-0.3, -0.25) is 0 Å². The second-order valence-corrected chi connectivity index (χ2v) is 1.11. The maximum Gasteiger partial charge on any atom is 0 e. The predicted molar refractivity (Wildman–Crippen MR) is 36.5 cm³/mol. The standard InChI is InChI=1S/C3H7N2.3CO.H2O.Re/c1-2-5-3-4-1;3*1-2;;/h4H,1-3H2;;;;1H2;/q-1;;;;;. The van der Waals surface area contributed by atoms with Gasteiger partial charge in [-0.15, -0.1) is 6.54 Å². The van der Waals surface area contributed by atoms with Crippen LogP contribution in [0.15, 0.2) is 0 Å². The summed E-state index contributed by atoms with van der Waals surface area (Å²) in [6.45, 7) is 16.5. The first-order chi connectivity index (χ1) is 5.50. The molecular weight excluding hydrogens is 350 g/mol. The van der Waals surface area contributed by atoms with Gasteiger partial charge >= 0.3 is 33.9 Å². The van der Waals surface area contributed by atoms with Gasteiger partial charge < -0.3 is 16.1 Å². The van der Waals surface area contributed by atoms with Crippen molar-refractivity contribution < 1.29 is 39.9 Å². The van der Waals surface area contributed by atoms with Crippen LogP contribution in [0.25, 0.3) is 5.32 Å². The van der Waals surface area contributed by atoms with E-state index < -0.39 is 0 Å². The number of nitrogens with zero attached hydrogens (tertiary/aromatic N) is 1. The average molecular weight is 359 g/mol. The van der Waals surface area contributed by atoms with E-state index in [-0.39, 0.29) is 25.9 Å². The molecule has 1 radical (unpaired) electrons. The smallest absolute Gasteiger partial charge is 0 e. The quantitative estimate of drug-likeness (QED) is 0.433. The summed E-state index contributed by atoms with van der Waals surface area (Å²) in [7, 11) is 0. The van der Waals surface area contributed by atoms with Gasteiger partial charge in [0.1, 0.15) is 0 Å². The number of nitrogens with one attached hydrogen (secondary N) is 1. The zero-order valence-electron chi connectivity index (χ0n) is 6.67.